The van der Waals surface area contributed by atoms with E-state index in [9.17, 15) is 0 Å². The second kappa shape index (κ2) is 31.5. The number of hydrogen-bond donors (Lipinski definition) is 0. The van der Waals surface area contributed by atoms with E-state index in [1.54, 1.807) is 22.3 Å². The van der Waals surface area contributed by atoms with Crippen molar-refractivity contribution < 1.29 is 4.42 Å². The summed E-state index contributed by atoms with van der Waals surface area (Å²) in [5.41, 5.74) is 37.3. The molecule has 0 bridgehead atoms. The summed E-state index contributed by atoms with van der Waals surface area (Å²) >= 11 is 6.40. The third-order valence-electron chi connectivity index (χ3n) is 26.8. The second-order valence-corrected chi connectivity index (χ2v) is 34.8. The van der Waals surface area contributed by atoms with Crippen molar-refractivity contribution in [2.75, 3.05) is 0 Å². The first-order valence-corrected chi connectivity index (χ1v) is 43.0. The molecule has 4 aliphatic carbocycles. The number of furan rings is 1. The van der Waals surface area contributed by atoms with Crippen LogP contribution in [-0.2, 0) is 21.7 Å². The van der Waals surface area contributed by atoms with E-state index in [2.05, 4.69) is 256 Å². The van der Waals surface area contributed by atoms with Crippen LogP contribution in [0, 0.1) is 0 Å². The molecule has 12 aromatic rings. The molecule has 0 unspecified atom stereocenters. The van der Waals surface area contributed by atoms with E-state index in [4.69, 9.17) is 16.0 Å². The van der Waals surface area contributed by atoms with Crippen LogP contribution in [0.3, 0.4) is 0 Å². The summed E-state index contributed by atoms with van der Waals surface area (Å²) in [6, 6.07) is 83.8. The molecule has 1 heterocycles. The van der Waals surface area contributed by atoms with Gasteiger partial charge < -0.3 is 4.42 Å². The van der Waals surface area contributed by atoms with E-state index < -0.39 is 0 Å². The van der Waals surface area contributed by atoms with Gasteiger partial charge in [0.05, 0.1) is 0 Å². The highest BCUT2D eigenvalue weighted by Gasteiger charge is 2.45. The minimum atomic E-state index is -0.193. The molecule has 0 saturated carbocycles. The van der Waals surface area contributed by atoms with Crippen LogP contribution in [0.25, 0.3) is 122 Å². The molecule has 0 fully saturated rings. The van der Waals surface area contributed by atoms with Crippen LogP contribution < -0.4 is 0 Å². The lowest BCUT2D eigenvalue weighted by atomic mass is 9.70. The van der Waals surface area contributed by atoms with Gasteiger partial charge in [-0.3, -0.25) is 0 Å². The third-order valence-corrected chi connectivity index (χ3v) is 27.0. The molecule has 2 heteroatoms. The molecule has 108 heavy (non-hydrogen) atoms. The molecule has 1 aromatic heterocycles. The minimum absolute atomic E-state index is 0.0589. The second-order valence-electron chi connectivity index (χ2n) is 34.4. The van der Waals surface area contributed by atoms with Gasteiger partial charge in [0.2, 0.25) is 0 Å². The molecule has 0 spiro atoms. The van der Waals surface area contributed by atoms with E-state index in [1.165, 1.54) is 297 Å². The molecule has 0 atom stereocenters. The van der Waals surface area contributed by atoms with Crippen molar-refractivity contribution in [3.63, 3.8) is 0 Å². The Morgan fingerprint density at radius 3 is 0.843 bits per heavy atom. The van der Waals surface area contributed by atoms with Gasteiger partial charge in [-0.1, -0.05) is 361 Å². The zero-order valence-electron chi connectivity index (χ0n) is 66.3. The predicted molar refractivity (Wildman–Crippen MR) is 465 cm³/mol. The Balaban J connectivity index is 0.682. The predicted octanol–water partition coefficient (Wildman–Crippen LogP) is 32.7. The molecular weight excluding hydrogens is 1320 g/mol. The van der Waals surface area contributed by atoms with Crippen molar-refractivity contribution in [3.05, 3.63) is 262 Å². The van der Waals surface area contributed by atoms with Crippen LogP contribution in [0.15, 0.2) is 217 Å². The molecule has 0 aliphatic heterocycles. The first-order valence-electron chi connectivity index (χ1n) is 42.6. The average molecular weight is 1440 g/mol. The maximum atomic E-state index is 6.40. The fourth-order valence-electron chi connectivity index (χ4n) is 20.6. The van der Waals surface area contributed by atoms with E-state index in [0.29, 0.717) is 5.02 Å². The van der Waals surface area contributed by atoms with E-state index in [-0.39, 0.29) is 21.7 Å². The molecule has 16 rings (SSSR count). The highest BCUT2D eigenvalue weighted by Crippen LogP contribution is 2.59. The number of halogens is 1. The minimum Gasteiger partial charge on any atom is -0.456 e. The van der Waals surface area contributed by atoms with Crippen molar-refractivity contribution in [2.24, 2.45) is 0 Å². The number of rotatable bonds is 33. The lowest BCUT2D eigenvalue weighted by Gasteiger charge is -2.33. The molecule has 0 N–H and O–H groups in total. The number of benzene rings is 11. The summed E-state index contributed by atoms with van der Waals surface area (Å²) in [6.45, 7) is 19.2. The van der Waals surface area contributed by atoms with Crippen molar-refractivity contribution in [3.8, 4) is 100 Å². The van der Waals surface area contributed by atoms with E-state index in [1.807, 2.05) is 12.1 Å². The standard InChI is InChI=1S/C106H115ClO/c1-9-13-17-21-25-31-59-105(60-32-26-22-18-14-10-2)93-36-30-29-35-83(93)88-55-46-79(68-98(88)105)76-43-51-85-84-50-41-74(63-94(84)103(5,6)95(85)64-76)72-37-39-73(40-38-72)75-42-54-89-90-56-47-80(69-100(90)106(99(89)67-75,61-33-27-23-19-15-11-3)62-34-28-24-20-16-12-4)77-44-52-86-87-53-45-78(66-97(87)104(7,8)96(86)65-77)81-48-57-91-92-58-49-82(107)71-102(92)108-101(91)70-81/h29-30,35-58,63-71H,9-28,31-34,59-62H2,1-8H3. The number of unbranched alkanes of at least 4 members (excludes halogenated alkanes) is 20. The summed E-state index contributed by atoms with van der Waals surface area (Å²) in [5, 5.41) is 2.89. The maximum Gasteiger partial charge on any atom is 0.136 e. The first-order chi connectivity index (χ1) is 52.8. The monoisotopic (exact) mass is 1440 g/mol. The van der Waals surface area contributed by atoms with Crippen molar-refractivity contribution in [1.82, 2.24) is 0 Å². The van der Waals surface area contributed by atoms with Gasteiger partial charge in [-0.15, -0.1) is 0 Å². The van der Waals surface area contributed by atoms with Crippen molar-refractivity contribution in [2.45, 2.75) is 257 Å². The molecule has 552 valence electrons. The fourth-order valence-corrected chi connectivity index (χ4v) is 20.8. The van der Waals surface area contributed by atoms with Crippen LogP contribution >= 0.6 is 11.6 Å². The molecule has 11 aromatic carbocycles. The summed E-state index contributed by atoms with van der Waals surface area (Å²) < 4.78 is 6.39. The van der Waals surface area contributed by atoms with Gasteiger partial charge in [-0.2, -0.15) is 0 Å². The van der Waals surface area contributed by atoms with Gasteiger partial charge in [-0.05, 0) is 237 Å². The smallest absolute Gasteiger partial charge is 0.136 e. The van der Waals surface area contributed by atoms with Gasteiger partial charge in [0, 0.05) is 43.5 Å². The molecule has 4 aliphatic rings. The van der Waals surface area contributed by atoms with Gasteiger partial charge >= 0.3 is 0 Å². The van der Waals surface area contributed by atoms with Crippen LogP contribution in [0.5, 0.6) is 0 Å². The Bertz CT molecular complexity index is 5220. The number of hydrogen-bond acceptors (Lipinski definition) is 1. The Labute approximate surface area is 652 Å². The van der Waals surface area contributed by atoms with Gasteiger partial charge in [0.1, 0.15) is 11.2 Å². The molecule has 0 radical (unpaired) electrons. The topological polar surface area (TPSA) is 13.1 Å². The normalized spacial score (nSPS) is 14.8. The van der Waals surface area contributed by atoms with Gasteiger partial charge in [0.25, 0.3) is 0 Å². The summed E-state index contributed by atoms with van der Waals surface area (Å²) in [4.78, 5) is 0. The zero-order valence-corrected chi connectivity index (χ0v) is 67.0. The fraction of sp³-hybridized carbons (Fsp3) is 0.377. The largest absolute Gasteiger partial charge is 0.456 e. The molecule has 0 saturated heterocycles. The Kier molecular flexibility index (Phi) is 21.5. The molecular formula is C106H115ClO. The van der Waals surface area contributed by atoms with Crippen LogP contribution in [0.4, 0.5) is 0 Å². The zero-order chi connectivity index (χ0) is 74.2. The average Bonchev–Trinajstić information content (AvgIpc) is 1.57. The lowest BCUT2D eigenvalue weighted by Crippen LogP contribution is -2.25. The Hall–Kier alpha value is -8.49. The maximum absolute atomic E-state index is 6.40. The van der Waals surface area contributed by atoms with Crippen molar-refractivity contribution >= 4 is 33.5 Å². The van der Waals surface area contributed by atoms with Crippen molar-refractivity contribution in [1.29, 1.82) is 0 Å². The summed E-state index contributed by atoms with van der Waals surface area (Å²) in [7, 11) is 0. The number of fused-ring (bicyclic) bond motifs is 15. The summed E-state index contributed by atoms with van der Waals surface area (Å²) in [6.07, 6.45) is 36.3. The Morgan fingerprint density at radius 1 is 0.231 bits per heavy atom. The molecule has 1 nitrogen and oxygen atoms in total. The highest BCUT2D eigenvalue weighted by atomic mass is 35.5. The SMILES string of the molecule is CCCCCCCCC1(CCCCCCCC)c2ccccc2-c2ccc(-c3ccc4c(c3)C(C)(C)c3cc(-c5ccc(-c6ccc7c(c6)C(CCCCCCCC)(CCCCCCCC)c6cc(-c8ccc9c(c8)C(C)(C)c8cc(-c%10ccc%11c(c%10)oc%10cc(Cl)ccc%10%11)ccc8-9)ccc6-7)cc5)ccc3-4)cc21. The van der Waals surface area contributed by atoms with Crippen LogP contribution in [0.1, 0.15) is 280 Å². The Morgan fingerprint density at radius 2 is 0.481 bits per heavy atom. The van der Waals surface area contributed by atoms with E-state index >= 15 is 0 Å². The quantitative estimate of drug-likeness (QED) is 0.0374. The molecule has 0 amide bonds. The van der Waals surface area contributed by atoms with Gasteiger partial charge in [0.15, 0.2) is 0 Å². The van der Waals surface area contributed by atoms with Gasteiger partial charge in [-0.25, -0.2) is 0 Å². The third kappa shape index (κ3) is 13.7. The van der Waals surface area contributed by atoms with Crippen LogP contribution in [-0.4, -0.2) is 0 Å². The van der Waals surface area contributed by atoms with Crippen LogP contribution in [0.2, 0.25) is 5.02 Å². The first kappa shape index (κ1) is 73.6. The lowest BCUT2D eigenvalue weighted by molar-refractivity contribution is 0.398. The summed E-state index contributed by atoms with van der Waals surface area (Å²) in [5.74, 6) is 0. The van der Waals surface area contributed by atoms with E-state index in [0.717, 1.165) is 27.5 Å². The highest BCUT2D eigenvalue weighted by molar-refractivity contribution is 6.31.